The molecule has 90 valence electrons. The monoisotopic (exact) mass is 235 g/mol. The van der Waals surface area contributed by atoms with Crippen LogP contribution in [0.15, 0.2) is 23.0 Å². The number of nitrogens with one attached hydrogen (secondary N) is 1. The van der Waals surface area contributed by atoms with Crippen LogP contribution in [-0.4, -0.2) is 29.0 Å². The van der Waals surface area contributed by atoms with Crippen LogP contribution in [0.5, 0.6) is 11.5 Å². The number of aromatic amines is 1. The van der Waals surface area contributed by atoms with Crippen molar-refractivity contribution >= 4 is 0 Å². The van der Waals surface area contributed by atoms with Gasteiger partial charge in [-0.3, -0.25) is 4.98 Å². The second-order valence-electron chi connectivity index (χ2n) is 3.44. The van der Waals surface area contributed by atoms with Gasteiger partial charge in [-0.1, -0.05) is 6.07 Å². The highest BCUT2D eigenvalue weighted by Gasteiger charge is 2.14. The Balaban J connectivity index is 2.62. The summed E-state index contributed by atoms with van der Waals surface area (Å²) in [6.07, 6.45) is 0. The van der Waals surface area contributed by atoms with Gasteiger partial charge in [-0.15, -0.1) is 5.10 Å². The fourth-order valence-corrected chi connectivity index (χ4v) is 1.60. The molecule has 0 saturated heterocycles. The predicted molar refractivity (Wildman–Crippen MR) is 62.4 cm³/mol. The molecule has 1 N–H and O–H groups in total. The fraction of sp³-hybridized carbons (Fsp3) is 0.273. The number of H-pyrrole nitrogens is 1. The lowest BCUT2D eigenvalue weighted by Crippen LogP contribution is -2.13. The summed E-state index contributed by atoms with van der Waals surface area (Å²) in [5, 5.41) is 4.08. The van der Waals surface area contributed by atoms with Crippen molar-refractivity contribution in [2.45, 2.75) is 0 Å². The van der Waals surface area contributed by atoms with E-state index in [9.17, 15) is 4.79 Å². The first kappa shape index (κ1) is 11.3. The van der Waals surface area contributed by atoms with Gasteiger partial charge in [-0.2, -0.15) is 0 Å². The lowest BCUT2D eigenvalue weighted by atomic mass is 10.2. The summed E-state index contributed by atoms with van der Waals surface area (Å²) < 4.78 is 11.7. The Morgan fingerprint density at radius 2 is 2.06 bits per heavy atom. The van der Waals surface area contributed by atoms with Gasteiger partial charge >= 0.3 is 5.69 Å². The largest absolute Gasteiger partial charge is 0.493 e. The molecule has 2 rings (SSSR count). The number of hydrogen-bond acceptors (Lipinski definition) is 4. The molecule has 0 unspecified atom stereocenters. The summed E-state index contributed by atoms with van der Waals surface area (Å²) >= 11 is 0. The highest BCUT2D eigenvalue weighted by molar-refractivity contribution is 5.68. The van der Waals surface area contributed by atoms with Crippen molar-refractivity contribution in [1.82, 2.24) is 14.8 Å². The van der Waals surface area contributed by atoms with Crippen LogP contribution in [0, 0.1) is 0 Å². The lowest BCUT2D eigenvalue weighted by molar-refractivity contribution is 0.356. The first-order valence-corrected chi connectivity index (χ1v) is 5.02. The maximum atomic E-state index is 11.3. The topological polar surface area (TPSA) is 69.1 Å². The molecule has 1 aromatic carbocycles. The van der Waals surface area contributed by atoms with Crippen molar-refractivity contribution < 1.29 is 9.47 Å². The molecule has 0 atom stereocenters. The van der Waals surface area contributed by atoms with Crippen LogP contribution in [0.2, 0.25) is 0 Å². The average Bonchev–Trinajstić information content (AvgIpc) is 2.68. The Kier molecular flexibility index (Phi) is 2.86. The summed E-state index contributed by atoms with van der Waals surface area (Å²) in [4.78, 5) is 14.0. The number of ether oxygens (including phenoxy) is 2. The summed E-state index contributed by atoms with van der Waals surface area (Å²) in [5.41, 5.74) is 0.412. The number of aromatic nitrogens is 3. The van der Waals surface area contributed by atoms with Crippen molar-refractivity contribution in [2.75, 3.05) is 14.2 Å². The molecule has 0 radical (unpaired) electrons. The zero-order valence-electron chi connectivity index (χ0n) is 9.85. The van der Waals surface area contributed by atoms with Crippen LogP contribution < -0.4 is 15.2 Å². The molecule has 6 heteroatoms. The van der Waals surface area contributed by atoms with Gasteiger partial charge in [0.05, 0.1) is 19.8 Å². The number of nitrogens with zero attached hydrogens (tertiary/aromatic N) is 2. The maximum absolute atomic E-state index is 11.3. The first-order chi connectivity index (χ1) is 8.17. The number of para-hydroxylation sites is 1. The molecular weight excluding hydrogens is 222 g/mol. The van der Waals surface area contributed by atoms with E-state index in [1.54, 1.807) is 33.4 Å². The minimum Gasteiger partial charge on any atom is -0.493 e. The Labute approximate surface area is 97.8 Å². The van der Waals surface area contributed by atoms with Gasteiger partial charge in [-0.05, 0) is 12.1 Å². The van der Waals surface area contributed by atoms with E-state index in [4.69, 9.17) is 9.47 Å². The van der Waals surface area contributed by atoms with Crippen LogP contribution in [0.1, 0.15) is 0 Å². The van der Waals surface area contributed by atoms with Gasteiger partial charge in [0.15, 0.2) is 17.3 Å². The molecule has 2 aromatic rings. The Morgan fingerprint density at radius 1 is 1.29 bits per heavy atom. The molecular formula is C11H13N3O3. The minimum absolute atomic E-state index is 0.273. The van der Waals surface area contributed by atoms with Crippen LogP contribution in [-0.2, 0) is 7.05 Å². The molecule has 17 heavy (non-hydrogen) atoms. The van der Waals surface area contributed by atoms with Crippen molar-refractivity contribution in [3.05, 3.63) is 28.7 Å². The number of hydrogen-bond donors (Lipinski definition) is 1. The zero-order valence-corrected chi connectivity index (χ0v) is 9.85. The second kappa shape index (κ2) is 4.32. The van der Waals surface area contributed by atoms with Crippen molar-refractivity contribution in [3.63, 3.8) is 0 Å². The molecule has 0 bridgehead atoms. The number of methoxy groups -OCH3 is 2. The number of rotatable bonds is 3. The van der Waals surface area contributed by atoms with Crippen molar-refractivity contribution in [1.29, 1.82) is 0 Å². The summed E-state index contributed by atoms with van der Waals surface area (Å²) in [6.45, 7) is 0. The molecule has 0 fully saturated rings. The molecule has 0 aliphatic carbocycles. The summed E-state index contributed by atoms with van der Waals surface area (Å²) in [7, 11) is 4.68. The third-order valence-electron chi connectivity index (χ3n) is 2.43. The first-order valence-electron chi connectivity index (χ1n) is 5.02. The van der Waals surface area contributed by atoms with E-state index in [-0.39, 0.29) is 5.69 Å². The molecule has 0 saturated carbocycles. The standard InChI is InChI=1S/C11H13N3O3/c1-14-11(15)12-10(13-14)7-5-4-6-8(16-2)9(7)17-3/h4-6H,1-3H3,(H,12,13,15). The molecule has 0 spiro atoms. The van der Waals surface area contributed by atoms with E-state index in [0.717, 1.165) is 0 Å². The predicted octanol–water partition coefficient (Wildman–Crippen LogP) is 0.793. The Morgan fingerprint density at radius 3 is 2.59 bits per heavy atom. The van der Waals surface area contributed by atoms with E-state index >= 15 is 0 Å². The van der Waals surface area contributed by atoms with E-state index in [1.807, 2.05) is 6.07 Å². The average molecular weight is 235 g/mol. The molecule has 6 nitrogen and oxygen atoms in total. The maximum Gasteiger partial charge on any atom is 0.343 e. The molecule has 0 amide bonds. The fourth-order valence-electron chi connectivity index (χ4n) is 1.60. The van der Waals surface area contributed by atoms with Crippen LogP contribution in [0.4, 0.5) is 0 Å². The van der Waals surface area contributed by atoms with Crippen LogP contribution >= 0.6 is 0 Å². The molecule has 0 aliphatic rings. The Bertz CT molecular complexity index is 586. The third-order valence-corrected chi connectivity index (χ3v) is 2.43. The molecule has 1 heterocycles. The van der Waals surface area contributed by atoms with E-state index in [0.29, 0.717) is 22.9 Å². The molecule has 0 aliphatic heterocycles. The second-order valence-corrected chi connectivity index (χ2v) is 3.44. The van der Waals surface area contributed by atoms with Crippen LogP contribution in [0.3, 0.4) is 0 Å². The summed E-state index contributed by atoms with van der Waals surface area (Å²) in [5.74, 6) is 1.59. The Hall–Kier alpha value is -2.24. The normalized spacial score (nSPS) is 10.3. The van der Waals surface area contributed by atoms with E-state index in [2.05, 4.69) is 10.1 Å². The smallest absolute Gasteiger partial charge is 0.343 e. The third kappa shape index (κ3) is 1.89. The van der Waals surface area contributed by atoms with Gasteiger partial charge < -0.3 is 9.47 Å². The van der Waals surface area contributed by atoms with E-state index < -0.39 is 0 Å². The minimum atomic E-state index is -0.273. The number of aryl methyl sites for hydroxylation is 1. The summed E-state index contributed by atoms with van der Waals surface area (Å²) in [6, 6.07) is 5.40. The van der Waals surface area contributed by atoms with Gasteiger partial charge in [0.25, 0.3) is 0 Å². The SMILES string of the molecule is COc1cccc(-c2nn(C)c(=O)[nH]2)c1OC. The van der Waals surface area contributed by atoms with Gasteiger partial charge in [-0.25, -0.2) is 9.48 Å². The van der Waals surface area contributed by atoms with Crippen molar-refractivity contribution in [3.8, 4) is 22.9 Å². The highest BCUT2D eigenvalue weighted by atomic mass is 16.5. The lowest BCUT2D eigenvalue weighted by Gasteiger charge is -2.10. The van der Waals surface area contributed by atoms with Crippen LogP contribution in [0.25, 0.3) is 11.4 Å². The quantitative estimate of drug-likeness (QED) is 0.854. The zero-order chi connectivity index (χ0) is 12.4. The highest BCUT2D eigenvalue weighted by Crippen LogP contribution is 2.35. The van der Waals surface area contributed by atoms with Crippen molar-refractivity contribution in [2.24, 2.45) is 7.05 Å². The van der Waals surface area contributed by atoms with Gasteiger partial charge in [0.1, 0.15) is 0 Å². The van der Waals surface area contributed by atoms with Gasteiger partial charge in [0.2, 0.25) is 0 Å². The van der Waals surface area contributed by atoms with E-state index in [1.165, 1.54) is 4.68 Å². The van der Waals surface area contributed by atoms with Gasteiger partial charge in [0, 0.05) is 7.05 Å². The molecule has 1 aromatic heterocycles. The number of benzene rings is 1.